The van der Waals surface area contributed by atoms with Crippen molar-refractivity contribution in [2.75, 3.05) is 0 Å². The van der Waals surface area contributed by atoms with E-state index in [9.17, 15) is 0 Å². The number of hydrogen-bond acceptors (Lipinski definition) is 3. The van der Waals surface area contributed by atoms with Crippen LogP contribution in [0, 0.1) is 11.8 Å². The van der Waals surface area contributed by atoms with Crippen LogP contribution in [0.15, 0.2) is 0 Å². The first-order valence-corrected chi connectivity index (χ1v) is 11.6. The third kappa shape index (κ3) is 8.82. The molecule has 0 fully saturated rings. The van der Waals surface area contributed by atoms with Crippen molar-refractivity contribution in [3.05, 3.63) is 0 Å². The van der Waals surface area contributed by atoms with Gasteiger partial charge in [0.1, 0.15) is 0 Å². The molecule has 0 unspecified atom stereocenters. The minimum absolute atomic E-state index is 0.264. The fourth-order valence-corrected chi connectivity index (χ4v) is 3.93. The van der Waals surface area contributed by atoms with Crippen LogP contribution in [0.25, 0.3) is 0 Å². The normalized spacial score (nSPS) is 15.9. The first kappa shape index (κ1) is 23.3. The Hall–Kier alpha value is 0.314. The lowest BCUT2D eigenvalue weighted by Crippen LogP contribution is -2.44. The van der Waals surface area contributed by atoms with E-state index in [2.05, 4.69) is 55.4 Å². The maximum absolute atomic E-state index is 6.22. The molecule has 0 spiro atoms. The van der Waals surface area contributed by atoms with Gasteiger partial charge in [-0.3, -0.25) is 0 Å². The molecule has 140 valence electrons. The fraction of sp³-hybridized carbons (Fsp3) is 1.00. The highest BCUT2D eigenvalue weighted by atomic mass is 28.2. The topological polar surface area (TPSA) is 27.7 Å². The van der Waals surface area contributed by atoms with Gasteiger partial charge in [0.05, 0.1) is 0 Å². The molecule has 0 aromatic carbocycles. The first-order chi connectivity index (χ1) is 10.0. The van der Waals surface area contributed by atoms with Gasteiger partial charge in [0.2, 0.25) is 0 Å². The SMILES string of the molecule is CC(C)C(C)(C)[SiH2]OC(C)(C)OC(C)(C)O[SiH2]C(C)(C)C(C)C. The summed E-state index contributed by atoms with van der Waals surface area (Å²) in [7, 11) is -1.41. The molecule has 0 heterocycles. The van der Waals surface area contributed by atoms with Gasteiger partial charge in [0.15, 0.2) is 31.1 Å². The molecule has 0 aliphatic carbocycles. The highest BCUT2D eigenvalue weighted by Gasteiger charge is 2.35. The van der Waals surface area contributed by atoms with E-state index in [0.717, 1.165) is 0 Å². The van der Waals surface area contributed by atoms with Gasteiger partial charge < -0.3 is 13.6 Å². The van der Waals surface area contributed by atoms with E-state index >= 15 is 0 Å². The second-order valence-electron chi connectivity index (χ2n) is 9.77. The number of ether oxygens (including phenoxy) is 1. The molecule has 0 atom stereocenters. The second-order valence-corrected chi connectivity index (χ2v) is 14.6. The van der Waals surface area contributed by atoms with Crippen molar-refractivity contribution >= 4 is 19.5 Å². The Bertz CT molecular complexity index is 327. The maximum Gasteiger partial charge on any atom is 0.171 e. The molecule has 3 nitrogen and oxygen atoms in total. The third-order valence-electron chi connectivity index (χ3n) is 5.20. The molecule has 0 aliphatic heterocycles. The zero-order valence-corrected chi connectivity index (χ0v) is 20.6. The van der Waals surface area contributed by atoms with E-state index in [-0.39, 0.29) is 10.1 Å². The van der Waals surface area contributed by atoms with Gasteiger partial charge in [-0.25, -0.2) is 0 Å². The highest BCUT2D eigenvalue weighted by molar-refractivity contribution is 6.32. The van der Waals surface area contributed by atoms with Crippen molar-refractivity contribution in [3.63, 3.8) is 0 Å². The van der Waals surface area contributed by atoms with Crippen LogP contribution in [0.3, 0.4) is 0 Å². The summed E-state index contributed by atoms with van der Waals surface area (Å²) < 4.78 is 18.6. The largest absolute Gasteiger partial charge is 0.397 e. The van der Waals surface area contributed by atoms with Crippen LogP contribution in [-0.2, 0) is 13.6 Å². The molecule has 23 heavy (non-hydrogen) atoms. The summed E-state index contributed by atoms with van der Waals surface area (Å²) in [6.45, 7) is 26.3. The lowest BCUT2D eigenvalue weighted by atomic mass is 9.99. The maximum atomic E-state index is 6.22. The van der Waals surface area contributed by atoms with Crippen LogP contribution in [0.4, 0.5) is 0 Å². The zero-order chi connectivity index (χ0) is 18.7. The molecule has 5 heteroatoms. The fourth-order valence-electron chi connectivity index (χ4n) is 1.70. The van der Waals surface area contributed by atoms with Crippen LogP contribution in [0.2, 0.25) is 10.1 Å². The van der Waals surface area contributed by atoms with Crippen molar-refractivity contribution < 1.29 is 13.6 Å². The molecule has 0 bridgehead atoms. The van der Waals surface area contributed by atoms with Crippen LogP contribution in [0.5, 0.6) is 0 Å². The first-order valence-electron chi connectivity index (χ1n) is 8.99. The lowest BCUT2D eigenvalue weighted by molar-refractivity contribution is -0.284. The molecular formula is C18H42O3Si2. The van der Waals surface area contributed by atoms with E-state index < -0.39 is 31.1 Å². The van der Waals surface area contributed by atoms with E-state index in [1.165, 1.54) is 0 Å². The quantitative estimate of drug-likeness (QED) is 0.426. The Kier molecular flexibility index (Phi) is 8.24. The molecule has 0 saturated carbocycles. The van der Waals surface area contributed by atoms with Crippen LogP contribution in [0.1, 0.15) is 83.1 Å². The van der Waals surface area contributed by atoms with Crippen molar-refractivity contribution in [1.29, 1.82) is 0 Å². The molecule has 0 amide bonds. The minimum atomic E-state index is -0.705. The lowest BCUT2D eigenvalue weighted by Gasteiger charge is -2.40. The second kappa shape index (κ2) is 8.13. The average Bonchev–Trinajstić information content (AvgIpc) is 2.33. The summed E-state index contributed by atoms with van der Waals surface area (Å²) in [6.07, 6.45) is 0. The standard InChI is InChI=1S/C18H42O3Si2/c1-13(2)15(5,6)22-20-17(9,10)19-18(11,12)21-23-16(7,8)14(3)4/h13-14H,22-23H2,1-12H3. The molecule has 0 aromatic rings. The summed E-state index contributed by atoms with van der Waals surface area (Å²) in [5.41, 5.74) is 0. The molecule has 0 N–H and O–H groups in total. The molecular weight excluding hydrogens is 320 g/mol. The Morgan fingerprint density at radius 2 is 0.826 bits per heavy atom. The Balaban J connectivity index is 4.62. The minimum Gasteiger partial charge on any atom is -0.397 e. The van der Waals surface area contributed by atoms with E-state index in [1.807, 2.05) is 27.7 Å². The van der Waals surface area contributed by atoms with Gasteiger partial charge in [-0.15, -0.1) is 0 Å². The zero-order valence-electron chi connectivity index (χ0n) is 17.8. The van der Waals surface area contributed by atoms with Gasteiger partial charge in [0, 0.05) is 0 Å². The molecule has 0 aromatic heterocycles. The number of rotatable bonds is 10. The molecule has 0 saturated heterocycles. The van der Waals surface area contributed by atoms with Crippen molar-refractivity contribution in [2.45, 2.75) is 105 Å². The molecule has 0 radical (unpaired) electrons. The molecule has 0 aliphatic rings. The number of hydrogen-bond donors (Lipinski definition) is 0. The summed E-state index contributed by atoms with van der Waals surface area (Å²) >= 11 is 0. The smallest absolute Gasteiger partial charge is 0.171 e. The predicted octanol–water partition coefficient (Wildman–Crippen LogP) is 4.39. The van der Waals surface area contributed by atoms with Gasteiger partial charge in [0.25, 0.3) is 0 Å². The van der Waals surface area contributed by atoms with Gasteiger partial charge in [-0.2, -0.15) is 0 Å². The average molecular weight is 363 g/mol. The summed E-state index contributed by atoms with van der Waals surface area (Å²) in [4.78, 5) is 0. The highest BCUT2D eigenvalue weighted by Crippen LogP contribution is 2.36. The van der Waals surface area contributed by atoms with E-state index in [0.29, 0.717) is 11.8 Å². The summed E-state index contributed by atoms with van der Waals surface area (Å²) in [6, 6.07) is 0. The summed E-state index contributed by atoms with van der Waals surface area (Å²) in [5, 5.41) is 0.528. The Labute approximate surface area is 150 Å². The van der Waals surface area contributed by atoms with Gasteiger partial charge >= 0.3 is 0 Å². The van der Waals surface area contributed by atoms with Crippen LogP contribution < -0.4 is 0 Å². The third-order valence-corrected chi connectivity index (χ3v) is 10.0. The van der Waals surface area contributed by atoms with Gasteiger partial charge in [-0.05, 0) is 49.6 Å². The molecule has 0 rings (SSSR count). The van der Waals surface area contributed by atoms with Crippen molar-refractivity contribution in [1.82, 2.24) is 0 Å². The Morgan fingerprint density at radius 1 is 0.565 bits per heavy atom. The van der Waals surface area contributed by atoms with Crippen molar-refractivity contribution in [3.8, 4) is 0 Å². The van der Waals surface area contributed by atoms with E-state index in [1.54, 1.807) is 0 Å². The summed E-state index contributed by atoms with van der Waals surface area (Å²) in [5.74, 6) is 0.0400. The Morgan fingerprint density at radius 3 is 1.04 bits per heavy atom. The van der Waals surface area contributed by atoms with Crippen LogP contribution >= 0.6 is 0 Å². The van der Waals surface area contributed by atoms with Crippen molar-refractivity contribution in [2.24, 2.45) is 11.8 Å². The van der Waals surface area contributed by atoms with E-state index in [4.69, 9.17) is 13.6 Å². The monoisotopic (exact) mass is 362 g/mol. The van der Waals surface area contributed by atoms with Crippen LogP contribution in [-0.4, -0.2) is 31.1 Å². The van der Waals surface area contributed by atoms with Gasteiger partial charge in [-0.1, -0.05) is 55.4 Å². The predicted molar refractivity (Wildman–Crippen MR) is 106 cm³/mol.